The second kappa shape index (κ2) is 15.6. The molecule has 312 valence electrons. The van der Waals surface area contributed by atoms with Crippen LogP contribution in [0, 0.1) is 17.7 Å². The van der Waals surface area contributed by atoms with Gasteiger partial charge in [-0.25, -0.2) is 19.3 Å². The van der Waals surface area contributed by atoms with Crippen molar-refractivity contribution in [3.8, 4) is 17.3 Å². The number of benzene rings is 1. The number of rotatable bonds is 10. The van der Waals surface area contributed by atoms with Crippen molar-refractivity contribution < 1.29 is 23.8 Å². The number of piperidine rings is 3. The highest BCUT2D eigenvalue weighted by Gasteiger charge is 2.41. The Bertz CT molecular complexity index is 2210. The Balaban J connectivity index is 0.666. The van der Waals surface area contributed by atoms with Gasteiger partial charge in [-0.3, -0.25) is 14.7 Å². The second-order valence-electron chi connectivity index (χ2n) is 17.9. The molecule has 2 amide bonds. The first-order valence-corrected chi connectivity index (χ1v) is 21.6. The third-order valence-electron chi connectivity index (χ3n) is 13.8. The highest BCUT2D eigenvalue weighted by molar-refractivity contribution is 5.99. The maximum Gasteiger partial charge on any atom is 0.255 e. The molecule has 8 heterocycles. The molecule has 10 rings (SSSR count). The van der Waals surface area contributed by atoms with Crippen LogP contribution in [0.15, 0.2) is 36.8 Å². The number of piperazine rings is 1. The maximum absolute atomic E-state index is 15.5. The first-order valence-electron chi connectivity index (χ1n) is 21.6. The lowest BCUT2D eigenvalue weighted by Gasteiger charge is -2.41. The van der Waals surface area contributed by atoms with E-state index < -0.39 is 12.3 Å². The van der Waals surface area contributed by atoms with Crippen LogP contribution in [-0.2, 0) is 11.3 Å². The van der Waals surface area contributed by atoms with E-state index in [0.29, 0.717) is 41.9 Å². The minimum atomic E-state index is -1.11. The summed E-state index contributed by atoms with van der Waals surface area (Å²) >= 11 is 0. The maximum atomic E-state index is 15.5. The summed E-state index contributed by atoms with van der Waals surface area (Å²) in [5.41, 5.74) is 4.01. The number of fused-ring (bicyclic) bond motifs is 2. The molecule has 5 fully saturated rings. The van der Waals surface area contributed by atoms with Crippen LogP contribution in [0.25, 0.3) is 22.3 Å². The smallest absolute Gasteiger partial charge is 0.255 e. The molecule has 4 saturated heterocycles. The molecule has 3 N–H and O–H groups in total. The summed E-state index contributed by atoms with van der Waals surface area (Å²) in [5, 5.41) is 21.6. The molecule has 0 spiro atoms. The predicted molar refractivity (Wildman–Crippen MR) is 219 cm³/mol. The van der Waals surface area contributed by atoms with Gasteiger partial charge in [0, 0.05) is 101 Å². The fourth-order valence-corrected chi connectivity index (χ4v) is 9.87. The highest BCUT2D eigenvalue weighted by Crippen LogP contribution is 2.40. The van der Waals surface area contributed by atoms with Gasteiger partial charge in [0.15, 0.2) is 0 Å². The van der Waals surface area contributed by atoms with Crippen molar-refractivity contribution in [2.24, 2.45) is 11.8 Å². The summed E-state index contributed by atoms with van der Waals surface area (Å²) in [5.74, 6) is 1.92. The van der Waals surface area contributed by atoms with Gasteiger partial charge in [-0.1, -0.05) is 0 Å². The molecule has 5 aliphatic heterocycles. The quantitative estimate of drug-likeness (QED) is 0.213. The third-order valence-corrected chi connectivity index (χ3v) is 13.8. The van der Waals surface area contributed by atoms with E-state index in [2.05, 4.69) is 63.1 Å². The van der Waals surface area contributed by atoms with Crippen molar-refractivity contribution in [3.05, 3.63) is 53.7 Å². The fraction of sp³-hybridized carbons (Fsp3) is 0.581. The number of aliphatic hydroxyl groups is 1. The van der Waals surface area contributed by atoms with Gasteiger partial charge in [0.05, 0.1) is 29.1 Å². The number of carbonyl (C=O) groups is 2. The molecule has 2 atom stereocenters. The lowest BCUT2D eigenvalue weighted by molar-refractivity contribution is -0.129. The molecular weight excluding hydrogens is 754 g/mol. The number of hydrogen-bond donors (Lipinski definition) is 3. The van der Waals surface area contributed by atoms with Crippen molar-refractivity contribution in [1.29, 1.82) is 0 Å². The van der Waals surface area contributed by atoms with Crippen molar-refractivity contribution >= 4 is 34.2 Å². The molecule has 6 aliphatic rings. The fourth-order valence-electron chi connectivity index (χ4n) is 9.87. The third kappa shape index (κ3) is 7.94. The number of aliphatic hydroxyl groups excluding tert-OH is 1. The molecule has 59 heavy (non-hydrogen) atoms. The number of anilines is 2. The number of halogens is 1. The minimum Gasteiger partial charge on any atom is -0.471 e. The molecule has 1 aromatic carbocycles. The summed E-state index contributed by atoms with van der Waals surface area (Å²) < 4.78 is 21.6. The van der Waals surface area contributed by atoms with E-state index in [1.54, 1.807) is 17.4 Å². The number of aromatic nitrogens is 5. The number of aromatic amines is 1. The second-order valence-corrected chi connectivity index (χ2v) is 17.9. The predicted octanol–water partition coefficient (Wildman–Crippen LogP) is 3.79. The largest absolute Gasteiger partial charge is 0.471 e. The number of amides is 2. The minimum absolute atomic E-state index is 0.105. The van der Waals surface area contributed by atoms with E-state index in [1.165, 1.54) is 6.07 Å². The Morgan fingerprint density at radius 2 is 1.56 bits per heavy atom. The van der Waals surface area contributed by atoms with Crippen LogP contribution in [0.3, 0.4) is 0 Å². The van der Waals surface area contributed by atoms with Crippen molar-refractivity contribution in [1.82, 2.24) is 45.2 Å². The van der Waals surface area contributed by atoms with Gasteiger partial charge in [0.1, 0.15) is 35.5 Å². The standard InChI is InChI=1S/C43H54FN11O4/c1-43(8-9-43)59-39-20-31-34(22-45-39)49-50-40(31)33-21-37(47-26-46-33)54-12-6-28(7-13-54)24-52-16-14-51(15-17-52)23-27-4-10-53(11-5-27)36-18-29-25-55(42(58)30(29)19-32(36)44)35-2-3-38(56)48-41(35)57/h18-22,26-28,35,41,57H,2-17,23-25H2,1H3,(H,48,56)(H,49,50). The van der Waals surface area contributed by atoms with Gasteiger partial charge in [0.2, 0.25) is 11.8 Å². The van der Waals surface area contributed by atoms with E-state index in [0.717, 1.165) is 138 Å². The summed E-state index contributed by atoms with van der Waals surface area (Å²) in [6, 6.07) is 6.70. The SMILES string of the molecule is CC1(Oc2cc3c(-c4cc(N5CCC(CN6CCN(CC7CCN(c8cc9c(cc8F)C(=O)N(C8CCC(=O)NC8O)C9)CC7)CC6)CC5)ncn4)n[nH]c3cn2)CC1. The van der Waals surface area contributed by atoms with E-state index >= 15 is 4.39 Å². The van der Waals surface area contributed by atoms with E-state index in [-0.39, 0.29) is 29.7 Å². The first-order chi connectivity index (χ1) is 28.6. The molecule has 1 saturated carbocycles. The van der Waals surface area contributed by atoms with Crippen molar-refractivity contribution in [3.63, 3.8) is 0 Å². The number of ether oxygens (including phenoxy) is 1. The van der Waals surface area contributed by atoms with Gasteiger partial charge in [-0.2, -0.15) is 5.10 Å². The first kappa shape index (κ1) is 38.3. The number of nitrogens with one attached hydrogen (secondary N) is 2. The van der Waals surface area contributed by atoms with Crippen LogP contribution in [0.5, 0.6) is 5.88 Å². The van der Waals surface area contributed by atoms with Crippen molar-refractivity contribution in [2.75, 3.05) is 75.2 Å². The summed E-state index contributed by atoms with van der Waals surface area (Å²) in [4.78, 5) is 49.9. The van der Waals surface area contributed by atoms with Crippen LogP contribution in [0.1, 0.15) is 74.2 Å². The Morgan fingerprint density at radius 3 is 2.24 bits per heavy atom. The molecular formula is C43H54FN11O4. The van der Waals surface area contributed by atoms with E-state index in [1.807, 2.05) is 12.1 Å². The Labute approximate surface area is 343 Å². The Kier molecular flexibility index (Phi) is 10.1. The molecule has 0 radical (unpaired) electrons. The number of pyridine rings is 1. The number of nitrogens with zero attached hydrogens (tertiary/aromatic N) is 9. The van der Waals surface area contributed by atoms with Gasteiger partial charge in [0.25, 0.3) is 5.91 Å². The normalized spacial score (nSPS) is 24.5. The van der Waals surface area contributed by atoms with Crippen LogP contribution in [0.4, 0.5) is 15.9 Å². The van der Waals surface area contributed by atoms with Gasteiger partial charge in [-0.15, -0.1) is 0 Å². The molecule has 2 unspecified atom stereocenters. The molecule has 0 bridgehead atoms. The highest BCUT2D eigenvalue weighted by atomic mass is 19.1. The summed E-state index contributed by atoms with van der Waals surface area (Å²) in [6.07, 6.45) is 9.34. The van der Waals surface area contributed by atoms with E-state index in [4.69, 9.17) is 4.74 Å². The van der Waals surface area contributed by atoms with E-state index in [9.17, 15) is 14.7 Å². The molecule has 4 aromatic rings. The molecule has 16 heteroatoms. The van der Waals surface area contributed by atoms with Gasteiger partial charge < -0.3 is 39.7 Å². The van der Waals surface area contributed by atoms with Gasteiger partial charge in [-0.05, 0) is 81.4 Å². The summed E-state index contributed by atoms with van der Waals surface area (Å²) in [6.45, 7) is 12.5. The zero-order valence-electron chi connectivity index (χ0n) is 33.8. The zero-order valence-corrected chi connectivity index (χ0v) is 33.8. The van der Waals surface area contributed by atoms with Crippen molar-refractivity contribution in [2.45, 2.75) is 82.7 Å². The topological polar surface area (TPSA) is 159 Å². The molecule has 1 aliphatic carbocycles. The lowest BCUT2D eigenvalue weighted by atomic mass is 9.94. The number of H-pyrrole nitrogens is 1. The van der Waals surface area contributed by atoms with Crippen LogP contribution < -0.4 is 19.9 Å². The molecule has 15 nitrogen and oxygen atoms in total. The van der Waals surface area contributed by atoms with Crippen LogP contribution in [-0.4, -0.2) is 140 Å². The van der Waals surface area contributed by atoms with Crippen LogP contribution >= 0.6 is 0 Å². The molecule has 3 aromatic heterocycles. The van der Waals surface area contributed by atoms with Gasteiger partial charge >= 0.3 is 0 Å². The van der Waals surface area contributed by atoms with Crippen LogP contribution in [0.2, 0.25) is 0 Å². The monoisotopic (exact) mass is 807 g/mol. The summed E-state index contributed by atoms with van der Waals surface area (Å²) in [7, 11) is 0. The number of carbonyl (C=O) groups excluding carboxylic acids is 2. The lowest BCUT2D eigenvalue weighted by Crippen LogP contribution is -2.55. The zero-order chi connectivity index (χ0) is 40.3. The average Bonchev–Trinajstić information content (AvgIpc) is 3.68. The Hall–Kier alpha value is -4.93. The average molecular weight is 808 g/mol. The Morgan fingerprint density at radius 1 is 0.864 bits per heavy atom. The number of hydrogen-bond acceptors (Lipinski definition) is 12.